The molecular weight excluding hydrogens is 1030 g/mol. The lowest BCUT2D eigenvalue weighted by Gasteiger charge is -2.27. The monoisotopic (exact) mass is 1060 g/mol. The average Bonchev–Trinajstić information content (AvgIpc) is 3.00. The second kappa shape index (κ2) is 22.0. The maximum Gasteiger partial charge on any atom is 0.326 e. The molecule has 0 bridgehead atoms. The first kappa shape index (κ1) is 44.0. The second-order valence-corrected chi connectivity index (χ2v) is 14.2. The van der Waals surface area contributed by atoms with Crippen molar-refractivity contribution in [3.63, 3.8) is 0 Å². The van der Waals surface area contributed by atoms with E-state index in [1.165, 1.54) is 15.9 Å². The predicted molar refractivity (Wildman–Crippen MR) is 199 cm³/mol. The van der Waals surface area contributed by atoms with Crippen LogP contribution < -0.4 is 14.9 Å². The van der Waals surface area contributed by atoms with Crippen molar-refractivity contribution in [2.75, 3.05) is 58.9 Å². The first-order valence-electron chi connectivity index (χ1n) is 14.5. The third-order valence-corrected chi connectivity index (χ3v) is 9.09. The van der Waals surface area contributed by atoms with Gasteiger partial charge in [-0.05, 0) is 109 Å². The minimum atomic E-state index is -1.40. The molecule has 0 aromatic heterocycles. The largest absolute Gasteiger partial charge is 0.480 e. The van der Waals surface area contributed by atoms with Crippen LogP contribution in [0.4, 0.5) is 0 Å². The van der Waals surface area contributed by atoms with Crippen LogP contribution in [0.3, 0.4) is 0 Å². The Kier molecular flexibility index (Phi) is 19.0. The van der Waals surface area contributed by atoms with E-state index < -0.39 is 74.5 Å². The van der Waals surface area contributed by atoms with Crippen molar-refractivity contribution in [3.8, 4) is 17.2 Å². The van der Waals surface area contributed by atoms with Gasteiger partial charge >= 0.3 is 29.8 Å². The van der Waals surface area contributed by atoms with E-state index in [9.17, 15) is 44.1 Å². The zero-order chi connectivity index (χ0) is 38.2. The number of carbonyl (C=O) groups excluding carboxylic acids is 1. The SMILES string of the molecule is O=C(O)CN(CCN(CC(=O)O)CC(=O)O)CCN(CC(=O)O)CC(=O)N[C@@H](Cc1cc(I)c(Oc2ccc(OOO)c(I)c2)c(I)c1)C(=O)O. The van der Waals surface area contributed by atoms with E-state index in [0.29, 0.717) is 27.8 Å². The fourth-order valence-electron chi connectivity index (χ4n) is 4.51. The molecule has 1 atom stereocenters. The molecule has 0 spiro atoms. The van der Waals surface area contributed by atoms with Gasteiger partial charge in [0.15, 0.2) is 11.5 Å². The molecule has 2 aromatic carbocycles. The lowest BCUT2D eigenvalue weighted by molar-refractivity contribution is -0.439. The molecule has 1 amide bonds. The first-order chi connectivity index (χ1) is 24.0. The lowest BCUT2D eigenvalue weighted by Crippen LogP contribution is -2.49. The Morgan fingerprint density at radius 1 is 0.667 bits per heavy atom. The summed E-state index contributed by atoms with van der Waals surface area (Å²) in [5, 5.41) is 61.3. The van der Waals surface area contributed by atoms with Crippen molar-refractivity contribution in [1.29, 1.82) is 0 Å². The van der Waals surface area contributed by atoms with Crippen LogP contribution in [0.5, 0.6) is 17.2 Å². The molecule has 0 saturated heterocycles. The Morgan fingerprint density at radius 3 is 1.59 bits per heavy atom. The Hall–Kier alpha value is -3.15. The fourth-order valence-corrected chi connectivity index (χ4v) is 7.20. The number of nitrogens with one attached hydrogen (secondary N) is 1. The zero-order valence-corrected chi connectivity index (χ0v) is 32.8. The third kappa shape index (κ3) is 16.8. The summed E-state index contributed by atoms with van der Waals surface area (Å²) in [6.07, 6.45) is -0.132. The maximum absolute atomic E-state index is 13.0. The summed E-state index contributed by atoms with van der Waals surface area (Å²) in [7, 11) is 0. The number of benzene rings is 2. The number of halogens is 3. The van der Waals surface area contributed by atoms with Gasteiger partial charge in [0, 0.05) is 32.6 Å². The molecule has 19 nitrogen and oxygen atoms in total. The minimum Gasteiger partial charge on any atom is -0.480 e. The third-order valence-electron chi connectivity index (χ3n) is 6.65. The molecule has 0 unspecified atom stereocenters. The number of aliphatic carboxylic acids is 5. The standard InChI is InChI=1S/C29H33I3N4O15/c30-18-10-17(1-2-22(18)50-51-48)49-28-19(31)7-16(8-20(28)32)9-21(29(46)47)33-23(37)11-35(13-25(40)41)5-3-34(12-24(38)39)4-6-36(14-26(42)43)15-27(44)45/h1-2,7-8,10,21,48H,3-6,9,11-15H2,(H,33,37)(H,38,39)(H,40,41)(H,42,43)(H,44,45)(H,46,47)/t21-/m0/s1. The van der Waals surface area contributed by atoms with Crippen LogP contribution in [0.1, 0.15) is 5.56 Å². The highest BCUT2D eigenvalue weighted by molar-refractivity contribution is 14.1. The van der Waals surface area contributed by atoms with Gasteiger partial charge < -0.3 is 40.5 Å². The van der Waals surface area contributed by atoms with Crippen LogP contribution in [-0.2, 0) is 40.2 Å². The molecule has 0 heterocycles. The Morgan fingerprint density at radius 2 is 1.14 bits per heavy atom. The van der Waals surface area contributed by atoms with E-state index in [1.807, 2.05) is 67.8 Å². The molecule has 7 N–H and O–H groups in total. The van der Waals surface area contributed by atoms with Gasteiger partial charge in [0.1, 0.15) is 11.8 Å². The molecule has 2 rings (SSSR count). The Labute approximate surface area is 330 Å². The van der Waals surface area contributed by atoms with Crippen LogP contribution in [0.25, 0.3) is 0 Å². The van der Waals surface area contributed by atoms with Gasteiger partial charge in [0.2, 0.25) is 5.91 Å². The van der Waals surface area contributed by atoms with E-state index in [1.54, 1.807) is 24.3 Å². The number of carbonyl (C=O) groups is 6. The molecule has 2 aromatic rings. The van der Waals surface area contributed by atoms with E-state index in [-0.39, 0.29) is 38.3 Å². The number of carboxylic acid groups (broad SMARTS) is 5. The zero-order valence-electron chi connectivity index (χ0n) is 26.4. The van der Waals surface area contributed by atoms with Gasteiger partial charge in [-0.2, -0.15) is 0 Å². The van der Waals surface area contributed by atoms with Crippen molar-refractivity contribution in [2.24, 2.45) is 0 Å². The summed E-state index contributed by atoms with van der Waals surface area (Å²) in [6.45, 7) is -3.38. The molecule has 0 aliphatic rings. The van der Waals surface area contributed by atoms with Gasteiger partial charge in [0.05, 0.1) is 43.4 Å². The van der Waals surface area contributed by atoms with Crippen molar-refractivity contribution in [3.05, 3.63) is 46.6 Å². The van der Waals surface area contributed by atoms with Crippen LogP contribution in [0.2, 0.25) is 0 Å². The van der Waals surface area contributed by atoms with Crippen LogP contribution in [0.15, 0.2) is 30.3 Å². The van der Waals surface area contributed by atoms with E-state index in [2.05, 4.69) is 15.2 Å². The number of nitrogens with zero attached hydrogens (tertiary/aromatic N) is 3. The molecule has 280 valence electrons. The van der Waals surface area contributed by atoms with Gasteiger partial charge in [-0.25, -0.2) is 10.1 Å². The van der Waals surface area contributed by atoms with E-state index in [4.69, 9.17) is 20.2 Å². The van der Waals surface area contributed by atoms with E-state index in [0.717, 1.165) is 4.90 Å². The average molecular weight is 1060 g/mol. The summed E-state index contributed by atoms with van der Waals surface area (Å²) >= 11 is 6.00. The minimum absolute atomic E-state index is 0.0803. The van der Waals surface area contributed by atoms with E-state index >= 15 is 0 Å². The number of hydrogen-bond donors (Lipinski definition) is 7. The van der Waals surface area contributed by atoms with Crippen LogP contribution in [0, 0.1) is 10.7 Å². The van der Waals surface area contributed by atoms with Gasteiger partial charge in [-0.15, -0.1) is 0 Å². The summed E-state index contributed by atoms with van der Waals surface area (Å²) < 4.78 is 7.86. The number of rotatable bonds is 24. The van der Waals surface area contributed by atoms with Gasteiger partial charge in [-0.3, -0.25) is 38.7 Å². The molecule has 0 aliphatic carbocycles. The number of amides is 1. The van der Waals surface area contributed by atoms with Gasteiger partial charge in [-0.1, -0.05) is 0 Å². The van der Waals surface area contributed by atoms with Crippen molar-refractivity contribution < 1.29 is 74.2 Å². The molecule has 0 fully saturated rings. The summed E-state index contributed by atoms with van der Waals surface area (Å²) in [6, 6.07) is 6.72. The highest BCUT2D eigenvalue weighted by atomic mass is 127. The normalized spacial score (nSPS) is 11.7. The smallest absolute Gasteiger partial charge is 0.326 e. The van der Waals surface area contributed by atoms with Crippen molar-refractivity contribution in [1.82, 2.24) is 20.0 Å². The molecule has 0 aliphatic heterocycles. The van der Waals surface area contributed by atoms with Crippen LogP contribution in [-0.4, -0.2) is 146 Å². The number of ether oxygens (including phenoxy) is 1. The molecular formula is C29H33I3N4O15. The molecule has 51 heavy (non-hydrogen) atoms. The fraction of sp³-hybridized carbons (Fsp3) is 0.379. The highest BCUT2D eigenvalue weighted by Crippen LogP contribution is 2.35. The van der Waals surface area contributed by atoms with Gasteiger partial charge in [0.25, 0.3) is 0 Å². The number of carboxylic acids is 5. The molecule has 0 radical (unpaired) electrons. The quantitative estimate of drug-likeness (QED) is 0.0445. The molecule has 0 saturated carbocycles. The summed E-state index contributed by atoms with van der Waals surface area (Å²) in [5.41, 5.74) is 0.550. The van der Waals surface area contributed by atoms with Crippen molar-refractivity contribution in [2.45, 2.75) is 12.5 Å². The second-order valence-electron chi connectivity index (χ2n) is 10.7. The number of hydrogen-bond acceptors (Lipinski definition) is 13. The predicted octanol–water partition coefficient (Wildman–Crippen LogP) is 1.43. The maximum atomic E-state index is 13.0. The van der Waals surface area contributed by atoms with Crippen molar-refractivity contribution >= 4 is 104 Å². The summed E-state index contributed by atoms with van der Waals surface area (Å²) in [4.78, 5) is 78.5. The topological polar surface area (TPSA) is 273 Å². The Balaban J connectivity index is 2.11. The highest BCUT2D eigenvalue weighted by Gasteiger charge is 2.25. The first-order valence-corrected chi connectivity index (χ1v) is 17.7. The Bertz CT molecular complexity index is 1540. The lowest BCUT2D eigenvalue weighted by atomic mass is 10.1. The summed E-state index contributed by atoms with van der Waals surface area (Å²) in [5.74, 6) is -6.08. The van der Waals surface area contributed by atoms with Crippen LogP contribution >= 0.6 is 67.8 Å². The molecule has 22 heteroatoms.